The Morgan fingerprint density at radius 3 is 2.32 bits per heavy atom. The fourth-order valence-electron chi connectivity index (χ4n) is 1.88. The van der Waals surface area contributed by atoms with Crippen LogP contribution in [-0.4, -0.2) is 13.7 Å². The normalized spacial score (nSPS) is 12.3. The molecule has 0 amide bonds. The second kappa shape index (κ2) is 8.85. The first-order valence-corrected chi connectivity index (χ1v) is 8.36. The molecule has 1 aromatic carbocycles. The minimum atomic E-state index is 0.632. The Kier molecular flexibility index (Phi) is 7.84. The number of hydrogen-bond donors (Lipinski definition) is 0. The van der Waals surface area contributed by atoms with Gasteiger partial charge in [-0.15, -0.1) is 0 Å². The number of hydrogen-bond acceptors (Lipinski definition) is 2. The van der Waals surface area contributed by atoms with Crippen molar-refractivity contribution in [2.45, 2.75) is 39.5 Å². The molecule has 1 atom stereocenters. The van der Waals surface area contributed by atoms with Crippen LogP contribution in [0, 0.1) is 5.92 Å². The predicted octanol–water partition coefficient (Wildman–Crippen LogP) is 5.82. The second-order valence-electron chi connectivity index (χ2n) is 4.64. The Bertz CT molecular complexity index is 394. The zero-order chi connectivity index (χ0) is 14.3. The summed E-state index contributed by atoms with van der Waals surface area (Å²) in [5.41, 5.74) is 0. The highest BCUT2D eigenvalue weighted by molar-refractivity contribution is 9.11. The molecule has 2 nitrogen and oxygen atoms in total. The van der Waals surface area contributed by atoms with Crippen LogP contribution in [0.2, 0.25) is 0 Å². The van der Waals surface area contributed by atoms with E-state index in [1.54, 1.807) is 7.11 Å². The summed E-state index contributed by atoms with van der Waals surface area (Å²) >= 11 is 7.00. The van der Waals surface area contributed by atoms with Crippen LogP contribution in [0.15, 0.2) is 21.1 Å². The minimum Gasteiger partial charge on any atom is -0.496 e. The maximum absolute atomic E-state index is 5.93. The van der Waals surface area contributed by atoms with Crippen LogP contribution in [-0.2, 0) is 0 Å². The van der Waals surface area contributed by atoms with E-state index in [9.17, 15) is 0 Å². The molecule has 108 valence electrons. The van der Waals surface area contributed by atoms with Crippen LogP contribution in [0.1, 0.15) is 39.5 Å². The molecular formula is C15H22Br2O2. The number of ether oxygens (including phenoxy) is 2. The fraction of sp³-hybridized carbons (Fsp3) is 0.600. The van der Waals surface area contributed by atoms with Crippen LogP contribution in [0.4, 0.5) is 0 Å². The van der Waals surface area contributed by atoms with Crippen molar-refractivity contribution in [3.63, 3.8) is 0 Å². The zero-order valence-corrected chi connectivity index (χ0v) is 15.0. The topological polar surface area (TPSA) is 18.5 Å². The van der Waals surface area contributed by atoms with Gasteiger partial charge >= 0.3 is 0 Å². The lowest BCUT2D eigenvalue weighted by molar-refractivity contribution is 0.231. The minimum absolute atomic E-state index is 0.632. The summed E-state index contributed by atoms with van der Waals surface area (Å²) in [6.45, 7) is 5.22. The molecule has 0 saturated carbocycles. The molecule has 0 fully saturated rings. The van der Waals surface area contributed by atoms with Gasteiger partial charge in [0.25, 0.3) is 0 Å². The second-order valence-corrected chi connectivity index (χ2v) is 6.35. The van der Waals surface area contributed by atoms with Crippen LogP contribution in [0.3, 0.4) is 0 Å². The van der Waals surface area contributed by atoms with Gasteiger partial charge in [-0.1, -0.05) is 33.1 Å². The monoisotopic (exact) mass is 392 g/mol. The van der Waals surface area contributed by atoms with Crippen LogP contribution >= 0.6 is 31.9 Å². The third-order valence-corrected chi connectivity index (χ3v) is 4.46. The van der Waals surface area contributed by atoms with Gasteiger partial charge in [-0.25, -0.2) is 0 Å². The molecule has 19 heavy (non-hydrogen) atoms. The molecule has 0 aliphatic heterocycles. The summed E-state index contributed by atoms with van der Waals surface area (Å²) in [5, 5.41) is 0. The lowest BCUT2D eigenvalue weighted by Gasteiger charge is -2.17. The van der Waals surface area contributed by atoms with Crippen molar-refractivity contribution in [2.75, 3.05) is 13.7 Å². The van der Waals surface area contributed by atoms with Gasteiger partial charge in [0.2, 0.25) is 0 Å². The Morgan fingerprint density at radius 1 is 1.11 bits per heavy atom. The van der Waals surface area contributed by atoms with E-state index < -0.39 is 0 Å². The maximum atomic E-state index is 5.93. The highest BCUT2D eigenvalue weighted by Crippen LogP contribution is 2.36. The fourth-order valence-corrected chi connectivity index (χ4v) is 2.80. The first kappa shape index (κ1) is 16.8. The summed E-state index contributed by atoms with van der Waals surface area (Å²) in [4.78, 5) is 0. The number of rotatable bonds is 8. The van der Waals surface area contributed by atoms with Crippen molar-refractivity contribution >= 4 is 31.9 Å². The first-order valence-electron chi connectivity index (χ1n) is 6.78. The summed E-state index contributed by atoms with van der Waals surface area (Å²) < 4.78 is 13.0. The van der Waals surface area contributed by atoms with Crippen molar-refractivity contribution in [3.05, 3.63) is 21.1 Å². The standard InChI is InChI=1S/C15H22Br2O2/c1-4-6-7-11(5-2)10-19-15-9-12(16)14(18-3)8-13(15)17/h8-9,11H,4-7,10H2,1-3H3. The molecular weight excluding hydrogens is 372 g/mol. The van der Waals surface area contributed by atoms with E-state index in [0.717, 1.165) is 33.5 Å². The SMILES string of the molecule is CCCCC(CC)COc1cc(Br)c(OC)cc1Br. The van der Waals surface area contributed by atoms with Gasteiger partial charge in [0.1, 0.15) is 11.5 Å². The van der Waals surface area contributed by atoms with E-state index in [0.29, 0.717) is 5.92 Å². The molecule has 0 heterocycles. The number of benzene rings is 1. The van der Waals surface area contributed by atoms with Crippen LogP contribution in [0.5, 0.6) is 11.5 Å². The predicted molar refractivity (Wildman–Crippen MR) is 87.2 cm³/mol. The average Bonchev–Trinajstić information content (AvgIpc) is 2.42. The van der Waals surface area contributed by atoms with E-state index in [-0.39, 0.29) is 0 Å². The molecule has 1 aromatic rings. The highest BCUT2D eigenvalue weighted by Gasteiger charge is 2.11. The van der Waals surface area contributed by atoms with Crippen molar-refractivity contribution in [3.8, 4) is 11.5 Å². The van der Waals surface area contributed by atoms with Gasteiger partial charge in [0.05, 0.1) is 22.7 Å². The van der Waals surface area contributed by atoms with Gasteiger partial charge in [0.15, 0.2) is 0 Å². The number of halogens is 2. The van der Waals surface area contributed by atoms with E-state index in [2.05, 4.69) is 45.7 Å². The Hall–Kier alpha value is -0.220. The summed E-state index contributed by atoms with van der Waals surface area (Å²) in [5.74, 6) is 2.30. The quantitative estimate of drug-likeness (QED) is 0.554. The molecule has 0 N–H and O–H groups in total. The van der Waals surface area contributed by atoms with E-state index >= 15 is 0 Å². The third-order valence-electron chi connectivity index (χ3n) is 3.22. The smallest absolute Gasteiger partial charge is 0.134 e. The van der Waals surface area contributed by atoms with Crippen molar-refractivity contribution in [1.82, 2.24) is 0 Å². The Morgan fingerprint density at radius 2 is 1.74 bits per heavy atom. The summed E-state index contributed by atoms with van der Waals surface area (Å²) in [7, 11) is 1.66. The van der Waals surface area contributed by atoms with Crippen molar-refractivity contribution in [2.24, 2.45) is 5.92 Å². The van der Waals surface area contributed by atoms with Gasteiger partial charge in [-0.05, 0) is 56.3 Å². The van der Waals surface area contributed by atoms with Gasteiger partial charge in [-0.2, -0.15) is 0 Å². The van der Waals surface area contributed by atoms with Crippen LogP contribution < -0.4 is 9.47 Å². The number of methoxy groups -OCH3 is 1. The lowest BCUT2D eigenvalue weighted by atomic mass is 10.0. The zero-order valence-electron chi connectivity index (χ0n) is 11.8. The van der Waals surface area contributed by atoms with Gasteiger partial charge in [-0.3, -0.25) is 0 Å². The van der Waals surface area contributed by atoms with E-state index in [4.69, 9.17) is 9.47 Å². The molecule has 0 aliphatic carbocycles. The maximum Gasteiger partial charge on any atom is 0.134 e. The van der Waals surface area contributed by atoms with Crippen molar-refractivity contribution < 1.29 is 9.47 Å². The third kappa shape index (κ3) is 5.35. The first-order chi connectivity index (χ1) is 9.12. The van der Waals surface area contributed by atoms with Gasteiger partial charge < -0.3 is 9.47 Å². The molecule has 0 aromatic heterocycles. The Balaban J connectivity index is 2.64. The molecule has 1 unspecified atom stereocenters. The molecule has 0 saturated heterocycles. The molecule has 4 heteroatoms. The lowest BCUT2D eigenvalue weighted by Crippen LogP contribution is -2.11. The van der Waals surface area contributed by atoms with E-state index in [1.807, 2.05) is 12.1 Å². The van der Waals surface area contributed by atoms with E-state index in [1.165, 1.54) is 19.3 Å². The highest BCUT2D eigenvalue weighted by atomic mass is 79.9. The van der Waals surface area contributed by atoms with Crippen LogP contribution in [0.25, 0.3) is 0 Å². The molecule has 0 spiro atoms. The molecule has 1 rings (SSSR count). The summed E-state index contributed by atoms with van der Waals surface area (Å²) in [6, 6.07) is 3.88. The Labute approximate surface area is 133 Å². The summed E-state index contributed by atoms with van der Waals surface area (Å²) in [6.07, 6.45) is 4.92. The average molecular weight is 394 g/mol. The number of unbranched alkanes of at least 4 members (excludes halogenated alkanes) is 1. The largest absolute Gasteiger partial charge is 0.496 e. The van der Waals surface area contributed by atoms with Crippen molar-refractivity contribution in [1.29, 1.82) is 0 Å². The molecule has 0 bridgehead atoms. The molecule has 0 radical (unpaired) electrons. The molecule has 0 aliphatic rings. The van der Waals surface area contributed by atoms with Gasteiger partial charge in [0, 0.05) is 0 Å².